The van der Waals surface area contributed by atoms with Gasteiger partial charge >= 0.3 is 5.97 Å². The van der Waals surface area contributed by atoms with Gasteiger partial charge in [0.05, 0.1) is 19.1 Å². The Hall–Kier alpha value is -1.26. The maximum Gasteiger partial charge on any atom is 0.307 e. The first-order valence-corrected chi connectivity index (χ1v) is 8.83. The summed E-state index contributed by atoms with van der Waals surface area (Å²) in [5.41, 5.74) is 0. The average Bonchev–Trinajstić information content (AvgIpc) is 2.89. The fraction of sp³-hybridized carbons (Fsp3) is 0.882. The number of nitrogens with zero attached hydrogens (tertiary/aromatic N) is 2. The summed E-state index contributed by atoms with van der Waals surface area (Å²) >= 11 is 0. The summed E-state index contributed by atoms with van der Waals surface area (Å²) in [5.74, 6) is 2.48. The smallest absolute Gasteiger partial charge is 0.307 e. The van der Waals surface area contributed by atoms with Gasteiger partial charge in [0.15, 0.2) is 5.96 Å². The van der Waals surface area contributed by atoms with Crippen LogP contribution >= 0.6 is 0 Å². The van der Waals surface area contributed by atoms with E-state index >= 15 is 0 Å². The van der Waals surface area contributed by atoms with Crippen LogP contribution in [0.15, 0.2) is 4.99 Å². The van der Waals surface area contributed by atoms with Gasteiger partial charge in [-0.2, -0.15) is 0 Å². The molecule has 0 aromatic rings. The quantitative estimate of drug-likeness (QED) is 0.481. The van der Waals surface area contributed by atoms with Gasteiger partial charge in [0.2, 0.25) is 0 Å². The fourth-order valence-corrected chi connectivity index (χ4v) is 3.58. The lowest BCUT2D eigenvalue weighted by molar-refractivity contribution is -0.147. The minimum Gasteiger partial charge on any atom is -0.463 e. The number of likely N-dealkylation sites (tertiary alicyclic amines) is 1. The zero-order valence-electron chi connectivity index (χ0n) is 14.3. The van der Waals surface area contributed by atoms with Crippen molar-refractivity contribution in [3.05, 3.63) is 0 Å². The molecule has 5 nitrogen and oxygen atoms in total. The first-order valence-electron chi connectivity index (χ1n) is 8.83. The third-order valence-electron chi connectivity index (χ3n) is 4.56. The van der Waals surface area contributed by atoms with Crippen LogP contribution < -0.4 is 5.32 Å². The molecular formula is C17H31N3O2. The molecule has 0 amide bonds. The van der Waals surface area contributed by atoms with E-state index in [1.165, 1.54) is 25.7 Å². The molecule has 22 heavy (non-hydrogen) atoms. The molecule has 126 valence electrons. The second kappa shape index (κ2) is 8.39. The Kier molecular flexibility index (Phi) is 6.52. The molecule has 1 saturated carbocycles. The molecule has 2 rings (SSSR count). The van der Waals surface area contributed by atoms with Crippen LogP contribution in [0.1, 0.15) is 52.9 Å². The van der Waals surface area contributed by atoms with Gasteiger partial charge in [-0.05, 0) is 45.4 Å². The number of rotatable bonds is 5. The molecule has 0 radical (unpaired) electrons. The highest BCUT2D eigenvalue weighted by Crippen LogP contribution is 2.35. The lowest BCUT2D eigenvalue weighted by Crippen LogP contribution is -2.40. The van der Waals surface area contributed by atoms with E-state index in [1.807, 2.05) is 13.8 Å². The van der Waals surface area contributed by atoms with E-state index in [0.29, 0.717) is 13.0 Å². The predicted octanol–water partition coefficient (Wildman–Crippen LogP) is 2.42. The van der Waals surface area contributed by atoms with Gasteiger partial charge in [-0.15, -0.1) is 0 Å². The molecule has 2 fully saturated rings. The molecule has 0 aromatic carbocycles. The minimum atomic E-state index is -0.162. The van der Waals surface area contributed by atoms with Crippen LogP contribution in [-0.2, 0) is 9.53 Å². The van der Waals surface area contributed by atoms with Crippen molar-refractivity contribution < 1.29 is 9.53 Å². The zero-order valence-corrected chi connectivity index (χ0v) is 14.3. The first kappa shape index (κ1) is 17.1. The number of carbonyl (C=O) groups excluding carboxylic acids is 1. The molecule has 1 aliphatic carbocycles. The summed E-state index contributed by atoms with van der Waals surface area (Å²) in [5, 5.41) is 3.37. The SMILES string of the molecule is CCNC(=NCCC(=O)OC(C)C)N1CC2CCCCC2C1. The van der Waals surface area contributed by atoms with E-state index in [1.54, 1.807) is 0 Å². The third kappa shape index (κ3) is 4.89. The van der Waals surface area contributed by atoms with Crippen molar-refractivity contribution >= 4 is 11.9 Å². The van der Waals surface area contributed by atoms with Gasteiger partial charge in [-0.3, -0.25) is 9.79 Å². The molecule has 0 aromatic heterocycles. The van der Waals surface area contributed by atoms with E-state index in [0.717, 1.165) is 37.4 Å². The molecule has 1 N–H and O–H groups in total. The van der Waals surface area contributed by atoms with Crippen LogP contribution in [-0.4, -0.2) is 49.1 Å². The minimum absolute atomic E-state index is 0.0496. The van der Waals surface area contributed by atoms with Crippen molar-refractivity contribution in [2.75, 3.05) is 26.2 Å². The van der Waals surface area contributed by atoms with Gasteiger partial charge in [0, 0.05) is 19.6 Å². The molecule has 1 aliphatic heterocycles. The summed E-state index contributed by atoms with van der Waals surface area (Å²) in [6, 6.07) is 0. The van der Waals surface area contributed by atoms with E-state index in [4.69, 9.17) is 4.74 Å². The molecule has 0 spiro atoms. The van der Waals surface area contributed by atoms with Gasteiger partial charge in [0.25, 0.3) is 0 Å². The van der Waals surface area contributed by atoms with Crippen LogP contribution in [0.5, 0.6) is 0 Å². The number of ether oxygens (including phenoxy) is 1. The Morgan fingerprint density at radius 3 is 2.45 bits per heavy atom. The number of carbonyl (C=O) groups is 1. The molecule has 1 saturated heterocycles. The van der Waals surface area contributed by atoms with E-state index in [2.05, 4.69) is 22.1 Å². The summed E-state index contributed by atoms with van der Waals surface area (Å²) < 4.78 is 5.15. The lowest BCUT2D eigenvalue weighted by Gasteiger charge is -2.22. The molecular weight excluding hydrogens is 278 g/mol. The Labute approximate surface area is 134 Å². The fourth-order valence-electron chi connectivity index (χ4n) is 3.58. The third-order valence-corrected chi connectivity index (χ3v) is 4.56. The van der Waals surface area contributed by atoms with Crippen LogP contribution in [0.2, 0.25) is 0 Å². The van der Waals surface area contributed by atoms with Gasteiger partial charge in [0.1, 0.15) is 0 Å². The average molecular weight is 309 g/mol. The Morgan fingerprint density at radius 2 is 1.91 bits per heavy atom. The van der Waals surface area contributed by atoms with Crippen molar-refractivity contribution in [1.82, 2.24) is 10.2 Å². The summed E-state index contributed by atoms with van der Waals surface area (Å²) in [7, 11) is 0. The predicted molar refractivity (Wildman–Crippen MR) is 88.8 cm³/mol. The number of esters is 1. The highest BCUT2D eigenvalue weighted by atomic mass is 16.5. The topological polar surface area (TPSA) is 53.9 Å². The Bertz CT molecular complexity index is 381. The molecule has 5 heteroatoms. The zero-order chi connectivity index (χ0) is 15.9. The molecule has 2 unspecified atom stereocenters. The number of aliphatic imine (C=N–C) groups is 1. The first-order chi connectivity index (χ1) is 10.6. The number of nitrogens with one attached hydrogen (secondary N) is 1. The summed E-state index contributed by atoms with van der Waals surface area (Å²) in [6.45, 7) is 9.43. The standard InChI is InChI=1S/C17H31N3O2/c1-4-18-17(19-10-9-16(21)22-13(2)3)20-11-14-7-5-6-8-15(14)12-20/h13-15H,4-12H2,1-3H3,(H,18,19). The van der Waals surface area contributed by atoms with Gasteiger partial charge in [-0.25, -0.2) is 0 Å². The molecule has 1 heterocycles. The summed E-state index contributed by atoms with van der Waals surface area (Å²) in [6.07, 6.45) is 5.79. The molecule has 2 aliphatic rings. The Morgan fingerprint density at radius 1 is 1.27 bits per heavy atom. The number of guanidine groups is 1. The number of hydrogen-bond acceptors (Lipinski definition) is 3. The van der Waals surface area contributed by atoms with Crippen molar-refractivity contribution in [2.45, 2.75) is 59.0 Å². The van der Waals surface area contributed by atoms with Crippen molar-refractivity contribution in [3.8, 4) is 0 Å². The van der Waals surface area contributed by atoms with Crippen LogP contribution in [0.25, 0.3) is 0 Å². The highest BCUT2D eigenvalue weighted by molar-refractivity contribution is 5.80. The van der Waals surface area contributed by atoms with Crippen LogP contribution in [0.4, 0.5) is 0 Å². The summed E-state index contributed by atoms with van der Waals surface area (Å²) in [4.78, 5) is 18.6. The monoisotopic (exact) mass is 309 g/mol. The molecule has 2 atom stereocenters. The maximum atomic E-state index is 11.6. The second-order valence-electron chi connectivity index (χ2n) is 6.73. The number of fused-ring (bicyclic) bond motifs is 1. The Balaban J connectivity index is 1.86. The van der Waals surface area contributed by atoms with E-state index < -0.39 is 0 Å². The van der Waals surface area contributed by atoms with Crippen molar-refractivity contribution in [2.24, 2.45) is 16.8 Å². The van der Waals surface area contributed by atoms with Crippen LogP contribution in [0.3, 0.4) is 0 Å². The normalized spacial score (nSPS) is 25.3. The molecule has 0 bridgehead atoms. The van der Waals surface area contributed by atoms with Crippen molar-refractivity contribution in [1.29, 1.82) is 0 Å². The number of hydrogen-bond donors (Lipinski definition) is 1. The maximum absolute atomic E-state index is 11.6. The highest BCUT2D eigenvalue weighted by Gasteiger charge is 2.35. The van der Waals surface area contributed by atoms with Crippen LogP contribution in [0, 0.1) is 11.8 Å². The lowest BCUT2D eigenvalue weighted by atomic mass is 9.82. The van der Waals surface area contributed by atoms with Gasteiger partial charge in [-0.1, -0.05) is 12.8 Å². The van der Waals surface area contributed by atoms with E-state index in [9.17, 15) is 4.79 Å². The largest absolute Gasteiger partial charge is 0.463 e. The van der Waals surface area contributed by atoms with E-state index in [-0.39, 0.29) is 12.1 Å². The second-order valence-corrected chi connectivity index (χ2v) is 6.73. The van der Waals surface area contributed by atoms with Crippen molar-refractivity contribution in [3.63, 3.8) is 0 Å². The van der Waals surface area contributed by atoms with Gasteiger partial charge < -0.3 is 15.0 Å².